The van der Waals surface area contributed by atoms with Gasteiger partial charge < -0.3 is 10.2 Å². The van der Waals surface area contributed by atoms with Crippen LogP contribution < -0.4 is 0 Å². The summed E-state index contributed by atoms with van der Waals surface area (Å²) < 4.78 is 13.0. The molecule has 2 aromatic carbocycles. The van der Waals surface area contributed by atoms with E-state index in [9.17, 15) is 29.5 Å². The highest BCUT2D eigenvalue weighted by Gasteiger charge is 2.22. The number of nitro benzene ring substituents is 1. The number of nitro groups is 1. The van der Waals surface area contributed by atoms with Gasteiger partial charge >= 0.3 is 5.69 Å². The number of hydrogen-bond donors (Lipinski definition) is 2. The molecule has 20 heavy (non-hydrogen) atoms. The normalized spacial score (nSPS) is 10.2. The largest absolute Gasteiger partial charge is 0.504 e. The lowest BCUT2D eigenvalue weighted by Gasteiger charge is -2.04. The first-order chi connectivity index (χ1) is 9.40. The lowest BCUT2D eigenvalue weighted by Crippen LogP contribution is -2.03. The lowest BCUT2D eigenvalue weighted by molar-refractivity contribution is -0.386. The minimum atomic E-state index is -0.933. The Kier molecular flexibility index (Phi) is 3.34. The Morgan fingerprint density at radius 1 is 1.15 bits per heavy atom. The second-order valence-corrected chi connectivity index (χ2v) is 3.96. The number of benzene rings is 2. The number of carbonyl (C=O) groups is 1. The Balaban J connectivity index is 2.53. The first-order valence-electron chi connectivity index (χ1n) is 5.41. The zero-order valence-electron chi connectivity index (χ0n) is 9.91. The van der Waals surface area contributed by atoms with Gasteiger partial charge in [0.15, 0.2) is 11.5 Å². The third kappa shape index (κ3) is 2.41. The molecule has 2 N–H and O–H groups in total. The lowest BCUT2D eigenvalue weighted by atomic mass is 10.0. The highest BCUT2D eigenvalue weighted by atomic mass is 19.1. The third-order valence-electron chi connectivity index (χ3n) is 2.62. The number of nitrogens with zero attached hydrogens (tertiary/aromatic N) is 1. The Morgan fingerprint density at radius 2 is 1.85 bits per heavy atom. The second kappa shape index (κ2) is 4.96. The molecule has 7 heteroatoms. The zero-order valence-corrected chi connectivity index (χ0v) is 9.91. The molecular weight excluding hydrogens is 269 g/mol. The van der Waals surface area contributed by atoms with E-state index < -0.39 is 33.7 Å². The zero-order chi connectivity index (χ0) is 14.9. The van der Waals surface area contributed by atoms with Crippen molar-refractivity contribution in [2.75, 3.05) is 0 Å². The number of phenolic OH excluding ortho intramolecular Hbond substituents is 2. The summed E-state index contributed by atoms with van der Waals surface area (Å²) in [7, 11) is 0. The second-order valence-electron chi connectivity index (χ2n) is 3.96. The molecule has 6 nitrogen and oxygen atoms in total. The van der Waals surface area contributed by atoms with Crippen molar-refractivity contribution in [3.05, 3.63) is 63.5 Å². The van der Waals surface area contributed by atoms with E-state index in [1.54, 1.807) is 0 Å². The molecule has 0 saturated heterocycles. The van der Waals surface area contributed by atoms with Crippen molar-refractivity contribution >= 4 is 11.5 Å². The standard InChI is InChI=1S/C13H8FNO5/c14-9-3-1-2-7(4-9)12(17)8-5-10(15(19)20)13(18)11(16)6-8/h1-6,16,18H. The summed E-state index contributed by atoms with van der Waals surface area (Å²) in [6.07, 6.45) is 0. The molecule has 0 heterocycles. The molecule has 0 atom stereocenters. The van der Waals surface area contributed by atoms with Gasteiger partial charge in [0.2, 0.25) is 5.75 Å². The van der Waals surface area contributed by atoms with E-state index in [-0.39, 0.29) is 11.1 Å². The molecule has 0 radical (unpaired) electrons. The number of aromatic hydroxyl groups is 2. The fourth-order valence-corrected chi connectivity index (χ4v) is 1.67. The summed E-state index contributed by atoms with van der Waals surface area (Å²) in [5, 5.41) is 29.4. The molecule has 0 bridgehead atoms. The molecule has 2 rings (SSSR count). The molecule has 0 aliphatic carbocycles. The van der Waals surface area contributed by atoms with Gasteiger partial charge in [-0.15, -0.1) is 0 Å². The predicted molar refractivity (Wildman–Crippen MR) is 66.3 cm³/mol. The third-order valence-corrected chi connectivity index (χ3v) is 2.62. The van der Waals surface area contributed by atoms with Crippen LogP contribution in [0.1, 0.15) is 15.9 Å². The van der Waals surface area contributed by atoms with Crippen molar-refractivity contribution in [3.8, 4) is 11.5 Å². The molecular formula is C13H8FNO5. The fraction of sp³-hybridized carbons (Fsp3) is 0. The molecule has 0 spiro atoms. The van der Waals surface area contributed by atoms with Crippen LogP contribution in [0.25, 0.3) is 0 Å². The number of ketones is 1. The van der Waals surface area contributed by atoms with Gasteiger partial charge in [0.1, 0.15) is 5.82 Å². The van der Waals surface area contributed by atoms with E-state index in [0.717, 1.165) is 24.3 Å². The van der Waals surface area contributed by atoms with Crippen molar-refractivity contribution in [2.24, 2.45) is 0 Å². The Morgan fingerprint density at radius 3 is 2.45 bits per heavy atom. The number of carbonyl (C=O) groups excluding carboxylic acids is 1. The van der Waals surface area contributed by atoms with Crippen molar-refractivity contribution in [3.63, 3.8) is 0 Å². The first-order valence-corrected chi connectivity index (χ1v) is 5.41. The highest BCUT2D eigenvalue weighted by molar-refractivity contribution is 6.09. The smallest absolute Gasteiger partial charge is 0.315 e. The number of halogens is 1. The van der Waals surface area contributed by atoms with Crippen LogP contribution in [0, 0.1) is 15.9 Å². The quantitative estimate of drug-likeness (QED) is 0.388. The Bertz CT molecular complexity index is 714. The molecule has 102 valence electrons. The molecule has 0 aliphatic heterocycles. The van der Waals surface area contributed by atoms with Crippen LogP contribution >= 0.6 is 0 Å². The van der Waals surface area contributed by atoms with Gasteiger partial charge in [-0.25, -0.2) is 4.39 Å². The summed E-state index contributed by atoms with van der Waals surface area (Å²) >= 11 is 0. The molecule has 0 amide bonds. The highest BCUT2D eigenvalue weighted by Crippen LogP contribution is 2.36. The Labute approximate surface area is 111 Å². The van der Waals surface area contributed by atoms with Crippen molar-refractivity contribution in [1.29, 1.82) is 0 Å². The van der Waals surface area contributed by atoms with Gasteiger partial charge in [0, 0.05) is 17.2 Å². The average Bonchev–Trinajstić information content (AvgIpc) is 2.40. The van der Waals surface area contributed by atoms with E-state index in [1.807, 2.05) is 0 Å². The maximum absolute atomic E-state index is 13.0. The SMILES string of the molecule is O=C(c1cccc(F)c1)c1cc(O)c(O)c([N+](=O)[O-])c1. The molecule has 0 aromatic heterocycles. The molecule has 0 fully saturated rings. The van der Waals surface area contributed by atoms with Crippen LogP contribution in [0.5, 0.6) is 11.5 Å². The summed E-state index contributed by atoms with van der Waals surface area (Å²) in [5.74, 6) is -3.05. The van der Waals surface area contributed by atoms with E-state index in [0.29, 0.717) is 0 Å². The van der Waals surface area contributed by atoms with E-state index in [2.05, 4.69) is 0 Å². The summed E-state index contributed by atoms with van der Waals surface area (Å²) in [5.41, 5.74) is -1.05. The maximum atomic E-state index is 13.0. The van der Waals surface area contributed by atoms with Crippen LogP contribution in [0.4, 0.5) is 10.1 Å². The summed E-state index contributed by atoms with van der Waals surface area (Å²) in [6.45, 7) is 0. The predicted octanol–water partition coefficient (Wildman–Crippen LogP) is 2.38. The maximum Gasteiger partial charge on any atom is 0.315 e. The van der Waals surface area contributed by atoms with Gasteiger partial charge in [-0.05, 0) is 18.2 Å². The number of rotatable bonds is 3. The van der Waals surface area contributed by atoms with Crippen LogP contribution in [0.15, 0.2) is 36.4 Å². The Hall–Kier alpha value is -2.96. The van der Waals surface area contributed by atoms with Crippen LogP contribution in [-0.4, -0.2) is 20.9 Å². The van der Waals surface area contributed by atoms with Gasteiger partial charge in [-0.3, -0.25) is 14.9 Å². The van der Waals surface area contributed by atoms with Crippen molar-refractivity contribution in [2.45, 2.75) is 0 Å². The number of hydrogen-bond acceptors (Lipinski definition) is 5. The first kappa shape index (κ1) is 13.5. The summed E-state index contributed by atoms with van der Waals surface area (Å²) in [4.78, 5) is 21.8. The van der Waals surface area contributed by atoms with E-state index in [1.165, 1.54) is 12.1 Å². The minimum absolute atomic E-state index is 0.0237. The molecule has 0 unspecified atom stereocenters. The topological polar surface area (TPSA) is 101 Å². The minimum Gasteiger partial charge on any atom is -0.504 e. The van der Waals surface area contributed by atoms with Crippen molar-refractivity contribution in [1.82, 2.24) is 0 Å². The fourth-order valence-electron chi connectivity index (χ4n) is 1.67. The molecule has 2 aromatic rings. The van der Waals surface area contributed by atoms with Gasteiger partial charge in [-0.2, -0.15) is 0 Å². The van der Waals surface area contributed by atoms with Crippen LogP contribution in [0.2, 0.25) is 0 Å². The molecule has 0 saturated carbocycles. The number of phenols is 2. The van der Waals surface area contributed by atoms with Gasteiger partial charge in [0.05, 0.1) is 4.92 Å². The monoisotopic (exact) mass is 277 g/mol. The summed E-state index contributed by atoms with van der Waals surface area (Å²) in [6, 6.07) is 6.47. The van der Waals surface area contributed by atoms with Gasteiger partial charge in [-0.1, -0.05) is 12.1 Å². The van der Waals surface area contributed by atoms with Crippen LogP contribution in [-0.2, 0) is 0 Å². The van der Waals surface area contributed by atoms with Crippen molar-refractivity contribution < 1.29 is 24.3 Å². The van der Waals surface area contributed by atoms with Gasteiger partial charge in [0.25, 0.3) is 0 Å². The average molecular weight is 277 g/mol. The van der Waals surface area contributed by atoms with E-state index in [4.69, 9.17) is 0 Å². The van der Waals surface area contributed by atoms with Crippen LogP contribution in [0.3, 0.4) is 0 Å². The molecule has 0 aliphatic rings. The van der Waals surface area contributed by atoms with E-state index >= 15 is 0 Å².